The summed E-state index contributed by atoms with van der Waals surface area (Å²) in [7, 11) is -3.76. The van der Waals surface area contributed by atoms with E-state index in [0.29, 0.717) is 29.3 Å². The molecule has 0 bridgehead atoms. The van der Waals surface area contributed by atoms with Gasteiger partial charge >= 0.3 is 0 Å². The number of pyridine rings is 1. The van der Waals surface area contributed by atoms with Crippen molar-refractivity contribution in [2.75, 3.05) is 5.73 Å². The predicted octanol–water partition coefficient (Wildman–Crippen LogP) is 2.14. The van der Waals surface area contributed by atoms with Crippen molar-refractivity contribution in [3.63, 3.8) is 0 Å². The quantitative estimate of drug-likeness (QED) is 0.456. The molecule has 5 N–H and O–H groups in total. The summed E-state index contributed by atoms with van der Waals surface area (Å²) in [5.41, 5.74) is 10.3. The fourth-order valence-electron chi connectivity index (χ4n) is 2.98. The minimum Gasteiger partial charge on any atom is -0.486 e. The van der Waals surface area contributed by atoms with E-state index in [-0.39, 0.29) is 4.90 Å². The molecule has 0 saturated carbocycles. The van der Waals surface area contributed by atoms with Gasteiger partial charge in [-0.25, -0.2) is 18.5 Å². The molecule has 2 aromatic carbocycles. The Morgan fingerprint density at radius 2 is 1.86 bits per heavy atom. The van der Waals surface area contributed by atoms with Crippen molar-refractivity contribution in [2.45, 2.75) is 18.4 Å². The Kier molecular flexibility index (Phi) is 4.65. The lowest BCUT2D eigenvalue weighted by Gasteiger charge is -2.11. The zero-order chi connectivity index (χ0) is 20.6. The fourth-order valence-corrected chi connectivity index (χ4v) is 3.54. The molecule has 0 saturated heterocycles. The van der Waals surface area contributed by atoms with Crippen LogP contribution >= 0.6 is 0 Å². The molecule has 29 heavy (non-hydrogen) atoms. The molecule has 0 aliphatic rings. The molecule has 9 nitrogen and oxygen atoms in total. The van der Waals surface area contributed by atoms with Crippen LogP contribution in [0, 0.1) is 6.92 Å². The lowest BCUT2D eigenvalue weighted by Crippen LogP contribution is -2.11. The van der Waals surface area contributed by atoms with Crippen LogP contribution in [0.4, 0.5) is 5.82 Å². The van der Waals surface area contributed by atoms with Gasteiger partial charge in [0.15, 0.2) is 11.3 Å². The van der Waals surface area contributed by atoms with E-state index in [0.717, 1.165) is 22.3 Å². The Hall–Kier alpha value is -3.50. The van der Waals surface area contributed by atoms with Crippen molar-refractivity contribution in [1.82, 2.24) is 20.4 Å². The molecular formula is C19H18N6O3S. The third-order valence-electron chi connectivity index (χ3n) is 4.50. The summed E-state index contributed by atoms with van der Waals surface area (Å²) in [4.78, 5) is 4.16. The number of anilines is 1. The van der Waals surface area contributed by atoms with Crippen LogP contribution in [0.2, 0.25) is 0 Å². The number of H-pyrrole nitrogens is 1. The summed E-state index contributed by atoms with van der Waals surface area (Å²) in [5, 5.41) is 15.7. The molecule has 4 aromatic rings. The van der Waals surface area contributed by atoms with E-state index in [1.165, 1.54) is 6.07 Å². The first-order valence-electron chi connectivity index (χ1n) is 8.64. The molecule has 10 heteroatoms. The Balaban J connectivity index is 1.59. The lowest BCUT2D eigenvalue weighted by atomic mass is 10.0. The number of sulfonamides is 1. The number of nitrogens with two attached hydrogens (primary N) is 2. The van der Waals surface area contributed by atoms with E-state index in [1.807, 2.05) is 31.2 Å². The number of ether oxygens (including phenoxy) is 1. The topological polar surface area (TPSA) is 150 Å². The highest BCUT2D eigenvalue weighted by atomic mass is 32.2. The monoisotopic (exact) mass is 410 g/mol. The number of nitrogens with one attached hydrogen (secondary N) is 1. The van der Waals surface area contributed by atoms with Crippen molar-refractivity contribution in [2.24, 2.45) is 5.14 Å². The number of nitrogens with zero attached hydrogens (tertiary/aromatic N) is 3. The van der Waals surface area contributed by atoms with Gasteiger partial charge in [0, 0.05) is 6.07 Å². The number of primary sulfonamides is 1. The number of nitrogen functional groups attached to an aromatic ring is 1. The van der Waals surface area contributed by atoms with Crippen LogP contribution < -0.4 is 15.6 Å². The molecule has 2 heterocycles. The highest BCUT2D eigenvalue weighted by Crippen LogP contribution is 2.27. The van der Waals surface area contributed by atoms with Gasteiger partial charge < -0.3 is 10.5 Å². The molecule has 0 unspecified atom stereocenters. The van der Waals surface area contributed by atoms with Crippen LogP contribution in [-0.2, 0) is 16.6 Å². The first-order valence-corrected chi connectivity index (χ1v) is 10.2. The summed E-state index contributed by atoms with van der Waals surface area (Å²) < 4.78 is 29.1. The van der Waals surface area contributed by atoms with E-state index in [2.05, 4.69) is 20.4 Å². The van der Waals surface area contributed by atoms with Gasteiger partial charge in [0.05, 0.1) is 4.90 Å². The zero-order valence-corrected chi connectivity index (χ0v) is 16.3. The number of aromatic nitrogens is 4. The predicted molar refractivity (Wildman–Crippen MR) is 108 cm³/mol. The fraction of sp³-hybridized carbons (Fsp3) is 0.105. The molecule has 0 atom stereocenters. The van der Waals surface area contributed by atoms with Crippen LogP contribution in [0.25, 0.3) is 22.3 Å². The Morgan fingerprint density at radius 1 is 1.07 bits per heavy atom. The van der Waals surface area contributed by atoms with Gasteiger partial charge in [-0.3, -0.25) is 0 Å². The van der Waals surface area contributed by atoms with Gasteiger partial charge in [0.1, 0.15) is 12.4 Å². The van der Waals surface area contributed by atoms with Crippen molar-refractivity contribution in [3.05, 3.63) is 59.7 Å². The second-order valence-electron chi connectivity index (χ2n) is 6.54. The Labute approximate surface area is 166 Å². The minimum atomic E-state index is -3.76. The molecule has 4 rings (SSSR count). The maximum Gasteiger partial charge on any atom is 0.238 e. The summed E-state index contributed by atoms with van der Waals surface area (Å²) in [6, 6.07) is 13.9. The van der Waals surface area contributed by atoms with Gasteiger partial charge in [-0.1, -0.05) is 30.3 Å². The summed E-state index contributed by atoms with van der Waals surface area (Å²) >= 11 is 0. The molecule has 0 fully saturated rings. The van der Waals surface area contributed by atoms with Crippen LogP contribution in [0.15, 0.2) is 53.4 Å². The largest absolute Gasteiger partial charge is 0.486 e. The number of rotatable bonds is 5. The number of aromatic amines is 1. The third-order valence-corrected chi connectivity index (χ3v) is 5.41. The van der Waals surface area contributed by atoms with Gasteiger partial charge in [-0.2, -0.15) is 10.3 Å². The average Bonchev–Trinajstić information content (AvgIpc) is 3.14. The molecule has 2 aromatic heterocycles. The number of hydrogen-bond donors (Lipinski definition) is 3. The summed E-state index contributed by atoms with van der Waals surface area (Å²) in [6.07, 6.45) is 0. The van der Waals surface area contributed by atoms with Crippen molar-refractivity contribution >= 4 is 27.0 Å². The molecule has 0 radical (unpaired) electrons. The van der Waals surface area contributed by atoms with E-state index in [4.69, 9.17) is 15.6 Å². The summed E-state index contributed by atoms with van der Waals surface area (Å²) in [6.45, 7) is 2.26. The van der Waals surface area contributed by atoms with Gasteiger partial charge in [0.25, 0.3) is 0 Å². The average molecular weight is 410 g/mol. The Morgan fingerprint density at radius 3 is 2.62 bits per heavy atom. The lowest BCUT2D eigenvalue weighted by molar-refractivity contribution is 0.308. The smallest absolute Gasteiger partial charge is 0.238 e. The molecule has 0 aliphatic heterocycles. The first-order chi connectivity index (χ1) is 13.8. The van der Waals surface area contributed by atoms with E-state index < -0.39 is 10.0 Å². The molecule has 148 valence electrons. The van der Waals surface area contributed by atoms with Crippen molar-refractivity contribution < 1.29 is 13.2 Å². The van der Waals surface area contributed by atoms with Crippen LogP contribution in [0.3, 0.4) is 0 Å². The van der Waals surface area contributed by atoms with Crippen LogP contribution in [0.1, 0.15) is 11.1 Å². The first kappa shape index (κ1) is 18.8. The molecule has 0 spiro atoms. The standard InChI is InChI=1S/C19H18N6O3S/c1-11-7-13(12-3-2-4-15(8-12)29(21,26)27)5-6-14(11)10-28-16-9-17(20)22-19-18(16)23-25-24-19/h2-9H,10H2,1H3,(H2,21,26,27)(H3,20,22,23,24,25). The van der Waals surface area contributed by atoms with Crippen LogP contribution in [-0.4, -0.2) is 28.8 Å². The maximum atomic E-state index is 11.6. The minimum absolute atomic E-state index is 0.0759. The molecule has 0 aliphatic carbocycles. The number of benzene rings is 2. The maximum absolute atomic E-state index is 11.6. The van der Waals surface area contributed by atoms with Crippen molar-refractivity contribution in [3.8, 4) is 16.9 Å². The number of hydrogen-bond acceptors (Lipinski definition) is 7. The Bertz CT molecular complexity index is 1320. The number of aryl methyl sites for hydroxylation is 1. The molecular weight excluding hydrogens is 392 g/mol. The highest BCUT2D eigenvalue weighted by Gasteiger charge is 2.12. The molecule has 0 amide bonds. The van der Waals surface area contributed by atoms with Gasteiger partial charge in [0.2, 0.25) is 15.7 Å². The van der Waals surface area contributed by atoms with Crippen molar-refractivity contribution in [1.29, 1.82) is 0 Å². The van der Waals surface area contributed by atoms with Gasteiger partial charge in [-0.15, -0.1) is 5.10 Å². The van der Waals surface area contributed by atoms with E-state index in [1.54, 1.807) is 18.2 Å². The number of fused-ring (bicyclic) bond motifs is 1. The van der Waals surface area contributed by atoms with Crippen LogP contribution in [0.5, 0.6) is 5.75 Å². The second kappa shape index (κ2) is 7.15. The van der Waals surface area contributed by atoms with E-state index >= 15 is 0 Å². The van der Waals surface area contributed by atoms with Gasteiger partial charge in [-0.05, 0) is 41.3 Å². The third kappa shape index (κ3) is 3.89. The highest BCUT2D eigenvalue weighted by molar-refractivity contribution is 7.89. The summed E-state index contributed by atoms with van der Waals surface area (Å²) in [5.74, 6) is 0.786. The van der Waals surface area contributed by atoms with E-state index in [9.17, 15) is 8.42 Å². The normalized spacial score (nSPS) is 11.7. The SMILES string of the molecule is Cc1cc(-c2cccc(S(N)(=O)=O)c2)ccc1COc1cc(N)nc2n[nH]nc12. The zero-order valence-electron chi connectivity index (χ0n) is 15.5. The second-order valence-corrected chi connectivity index (χ2v) is 8.11.